The smallest absolute Gasteiger partial charge is 0.322 e. The molecule has 8 heteroatoms. The van der Waals surface area contributed by atoms with E-state index in [2.05, 4.69) is 5.32 Å². The Morgan fingerprint density at radius 1 is 1.00 bits per heavy atom. The Morgan fingerprint density at radius 3 is 2.38 bits per heavy atom. The van der Waals surface area contributed by atoms with Gasteiger partial charge in [0, 0.05) is 23.2 Å². The monoisotopic (exact) mass is 523 g/mol. The number of hydrogen-bond donors (Lipinski definition) is 1. The molecule has 0 radical (unpaired) electrons. The van der Waals surface area contributed by atoms with Crippen LogP contribution in [0.25, 0.3) is 0 Å². The first-order valence-electron chi connectivity index (χ1n) is 12.9. The highest BCUT2D eigenvalue weighted by molar-refractivity contribution is 7.09. The largest absolute Gasteiger partial charge is 0.494 e. The van der Waals surface area contributed by atoms with E-state index in [9.17, 15) is 14.0 Å². The summed E-state index contributed by atoms with van der Waals surface area (Å²) in [5, 5.41) is 4.96. The molecule has 6 nitrogen and oxygen atoms in total. The normalized spacial score (nSPS) is 13.7. The van der Waals surface area contributed by atoms with Crippen molar-refractivity contribution in [3.05, 3.63) is 82.3 Å². The molecule has 0 bridgehead atoms. The predicted octanol–water partition coefficient (Wildman–Crippen LogP) is 6.68. The van der Waals surface area contributed by atoms with Crippen LogP contribution in [0.3, 0.4) is 0 Å². The van der Waals surface area contributed by atoms with E-state index in [1.165, 1.54) is 12.1 Å². The number of benzene rings is 2. The van der Waals surface area contributed by atoms with Gasteiger partial charge in [0.15, 0.2) is 0 Å². The number of hydrogen-bond acceptors (Lipinski definition) is 4. The Morgan fingerprint density at radius 2 is 1.73 bits per heavy atom. The van der Waals surface area contributed by atoms with E-state index in [1.54, 1.807) is 45.4 Å². The molecule has 1 fully saturated rings. The van der Waals surface area contributed by atoms with Gasteiger partial charge in [-0.05, 0) is 73.2 Å². The van der Waals surface area contributed by atoms with E-state index in [0.717, 1.165) is 48.3 Å². The van der Waals surface area contributed by atoms with Crippen molar-refractivity contribution in [2.75, 3.05) is 18.5 Å². The fraction of sp³-hybridized carbons (Fsp3) is 0.379. The Kier molecular flexibility index (Phi) is 9.54. The van der Waals surface area contributed by atoms with Gasteiger partial charge in [0.1, 0.15) is 18.1 Å². The summed E-state index contributed by atoms with van der Waals surface area (Å²) in [4.78, 5) is 31.7. The number of nitrogens with zero attached hydrogens (tertiary/aromatic N) is 2. The molecule has 1 aromatic heterocycles. The Balaban J connectivity index is 1.51. The highest BCUT2D eigenvalue weighted by atomic mass is 32.1. The van der Waals surface area contributed by atoms with Crippen molar-refractivity contribution >= 4 is 29.0 Å². The van der Waals surface area contributed by atoms with Gasteiger partial charge in [-0.1, -0.05) is 37.5 Å². The molecule has 0 saturated heterocycles. The van der Waals surface area contributed by atoms with Gasteiger partial charge >= 0.3 is 6.03 Å². The van der Waals surface area contributed by atoms with Crippen LogP contribution in [0.5, 0.6) is 5.75 Å². The summed E-state index contributed by atoms with van der Waals surface area (Å²) in [7, 11) is 0. The number of anilines is 1. The standard InChI is InChI=1S/C29H34FN3O3S/c1-2-36-26-16-14-24(15-17-26)31-29(35)33(25-7-4-3-5-8-25)21-28(34)32(20-27-9-6-18-37-27)19-22-10-12-23(30)13-11-22/h6,9-18,25H,2-5,7-8,19-21H2,1H3,(H,31,35). The molecule has 0 aliphatic heterocycles. The molecule has 196 valence electrons. The Bertz CT molecular complexity index is 1130. The van der Waals surface area contributed by atoms with Crippen molar-refractivity contribution in [2.24, 2.45) is 0 Å². The topological polar surface area (TPSA) is 61.9 Å². The minimum Gasteiger partial charge on any atom is -0.494 e. The van der Waals surface area contributed by atoms with Crippen molar-refractivity contribution in [2.45, 2.75) is 58.2 Å². The molecule has 2 aromatic carbocycles. The molecule has 0 atom stereocenters. The third-order valence-corrected chi connectivity index (χ3v) is 7.43. The van der Waals surface area contributed by atoms with E-state index in [1.807, 2.05) is 36.6 Å². The molecular weight excluding hydrogens is 489 g/mol. The van der Waals surface area contributed by atoms with Crippen LogP contribution >= 0.6 is 11.3 Å². The van der Waals surface area contributed by atoms with E-state index in [0.29, 0.717) is 25.4 Å². The van der Waals surface area contributed by atoms with Gasteiger partial charge in [0.25, 0.3) is 0 Å². The first kappa shape index (κ1) is 26.7. The Labute approximate surface area is 222 Å². The molecule has 3 amide bonds. The first-order valence-corrected chi connectivity index (χ1v) is 13.7. The lowest BCUT2D eigenvalue weighted by Crippen LogP contribution is -2.49. The summed E-state index contributed by atoms with van der Waals surface area (Å²) in [5.41, 5.74) is 1.50. The molecule has 1 saturated carbocycles. The minimum atomic E-state index is -0.311. The average molecular weight is 524 g/mol. The summed E-state index contributed by atoms with van der Waals surface area (Å²) < 4.78 is 18.9. The summed E-state index contributed by atoms with van der Waals surface area (Å²) in [6, 6.07) is 17.1. The summed E-state index contributed by atoms with van der Waals surface area (Å²) >= 11 is 1.58. The number of ether oxygens (including phenoxy) is 1. The van der Waals surface area contributed by atoms with Crippen LogP contribution < -0.4 is 10.1 Å². The summed E-state index contributed by atoms with van der Waals surface area (Å²) in [6.07, 6.45) is 4.99. The molecule has 1 aliphatic carbocycles. The van der Waals surface area contributed by atoms with Gasteiger partial charge in [-0.15, -0.1) is 11.3 Å². The third kappa shape index (κ3) is 7.79. The van der Waals surface area contributed by atoms with E-state index in [-0.39, 0.29) is 30.3 Å². The number of amides is 3. The first-order chi connectivity index (χ1) is 18.0. The lowest BCUT2D eigenvalue weighted by molar-refractivity contribution is -0.133. The van der Waals surface area contributed by atoms with Crippen molar-refractivity contribution < 1.29 is 18.7 Å². The van der Waals surface area contributed by atoms with Crippen LogP contribution in [0.15, 0.2) is 66.0 Å². The van der Waals surface area contributed by atoms with Crippen LogP contribution in [0.1, 0.15) is 49.5 Å². The second kappa shape index (κ2) is 13.2. The maximum Gasteiger partial charge on any atom is 0.322 e. The van der Waals surface area contributed by atoms with Gasteiger partial charge < -0.3 is 19.9 Å². The van der Waals surface area contributed by atoms with Crippen molar-refractivity contribution in [1.29, 1.82) is 0 Å². The van der Waals surface area contributed by atoms with E-state index >= 15 is 0 Å². The second-order valence-corrected chi connectivity index (χ2v) is 10.3. The van der Waals surface area contributed by atoms with Crippen LogP contribution in [0.4, 0.5) is 14.9 Å². The van der Waals surface area contributed by atoms with Crippen LogP contribution in [-0.2, 0) is 17.9 Å². The van der Waals surface area contributed by atoms with Crippen LogP contribution in [0.2, 0.25) is 0 Å². The van der Waals surface area contributed by atoms with Gasteiger partial charge in [-0.2, -0.15) is 0 Å². The molecule has 0 spiro atoms. The molecule has 37 heavy (non-hydrogen) atoms. The van der Waals surface area contributed by atoms with Gasteiger partial charge in [0.05, 0.1) is 13.2 Å². The number of halogens is 1. The number of rotatable bonds is 10. The number of carbonyl (C=O) groups is 2. The molecule has 3 aromatic rings. The van der Waals surface area contributed by atoms with Crippen LogP contribution in [-0.4, -0.2) is 40.9 Å². The number of thiophene rings is 1. The van der Waals surface area contributed by atoms with Crippen molar-refractivity contribution in [3.63, 3.8) is 0 Å². The summed E-state index contributed by atoms with van der Waals surface area (Å²) in [5.74, 6) is 0.296. The number of urea groups is 1. The maximum absolute atomic E-state index is 13.7. The summed E-state index contributed by atoms with van der Waals surface area (Å²) in [6.45, 7) is 3.26. The van der Waals surface area contributed by atoms with Crippen molar-refractivity contribution in [3.8, 4) is 5.75 Å². The number of carbonyl (C=O) groups excluding carboxylic acids is 2. The fourth-order valence-corrected chi connectivity index (χ4v) is 5.35. The zero-order valence-corrected chi connectivity index (χ0v) is 22.0. The fourth-order valence-electron chi connectivity index (χ4n) is 4.63. The zero-order valence-electron chi connectivity index (χ0n) is 21.2. The Hall–Kier alpha value is -3.39. The second-order valence-electron chi connectivity index (χ2n) is 9.26. The van der Waals surface area contributed by atoms with E-state index in [4.69, 9.17) is 4.74 Å². The van der Waals surface area contributed by atoms with Gasteiger partial charge in [-0.25, -0.2) is 9.18 Å². The predicted molar refractivity (Wildman–Crippen MR) is 145 cm³/mol. The lowest BCUT2D eigenvalue weighted by atomic mass is 9.94. The van der Waals surface area contributed by atoms with Crippen molar-refractivity contribution in [1.82, 2.24) is 9.80 Å². The molecule has 4 rings (SSSR count). The molecule has 1 N–H and O–H groups in total. The molecule has 0 unspecified atom stereocenters. The van der Waals surface area contributed by atoms with Gasteiger partial charge in [-0.3, -0.25) is 4.79 Å². The molecule has 1 aliphatic rings. The SMILES string of the molecule is CCOc1ccc(NC(=O)N(CC(=O)N(Cc2ccc(F)cc2)Cc2cccs2)C2CCCCC2)cc1. The highest BCUT2D eigenvalue weighted by Gasteiger charge is 2.29. The van der Waals surface area contributed by atoms with Gasteiger partial charge in [0.2, 0.25) is 5.91 Å². The van der Waals surface area contributed by atoms with E-state index < -0.39 is 0 Å². The molecular formula is C29H34FN3O3S. The third-order valence-electron chi connectivity index (χ3n) is 6.56. The quantitative estimate of drug-likeness (QED) is 0.322. The molecule has 1 heterocycles. The highest BCUT2D eigenvalue weighted by Crippen LogP contribution is 2.25. The lowest BCUT2D eigenvalue weighted by Gasteiger charge is -2.35. The zero-order chi connectivity index (χ0) is 26.0. The average Bonchev–Trinajstić information content (AvgIpc) is 3.43. The van der Waals surface area contributed by atoms with Crippen LogP contribution in [0, 0.1) is 5.82 Å². The number of nitrogens with one attached hydrogen (secondary N) is 1. The minimum absolute atomic E-state index is 0.00908. The maximum atomic E-state index is 13.7.